The Balaban J connectivity index is 0.000000980. The summed E-state index contributed by atoms with van der Waals surface area (Å²) in [5, 5.41) is 0. The number of hydrogen-bond donors (Lipinski definition) is 0. The highest BCUT2D eigenvalue weighted by Gasteiger charge is 2.06. The molecule has 5 heteroatoms. The van der Waals surface area contributed by atoms with Crippen LogP contribution in [-0.2, 0) is 12.4 Å². The third kappa shape index (κ3) is 1.70. The minimum Gasteiger partial charge on any atom is -0.326 e. The fourth-order valence-electron chi connectivity index (χ4n) is 1.47. The Hall–Kier alpha value is -0.800. The van der Waals surface area contributed by atoms with Crippen molar-refractivity contribution in [2.24, 2.45) is 0 Å². The van der Waals surface area contributed by atoms with Crippen LogP contribution in [0.5, 0.6) is 0 Å². The number of halogens is 2. The second-order valence-electron chi connectivity index (χ2n) is 2.77. The van der Waals surface area contributed by atoms with Gasteiger partial charge in [0.1, 0.15) is 5.82 Å². The zero-order valence-electron chi connectivity index (χ0n) is 7.77. The van der Waals surface area contributed by atoms with Gasteiger partial charge in [0, 0.05) is 12.7 Å². The number of aromatic nitrogens is 3. The second kappa shape index (κ2) is 4.62. The maximum Gasteiger partial charge on any atom is 0.124 e. The first-order chi connectivity index (χ1) is 6.36. The van der Waals surface area contributed by atoms with Crippen LogP contribution in [0.4, 0.5) is 0 Å². The predicted octanol–water partition coefficient (Wildman–Crippen LogP) is 2.61. The molecule has 2 aromatic rings. The molecule has 2 heterocycles. The topological polar surface area (TPSA) is 30.7 Å². The fourth-order valence-corrected chi connectivity index (χ4v) is 1.68. The molecule has 0 unspecified atom stereocenters. The van der Waals surface area contributed by atoms with E-state index in [1.807, 2.05) is 12.3 Å². The lowest BCUT2D eigenvalue weighted by Crippen LogP contribution is -1.98. The van der Waals surface area contributed by atoms with Gasteiger partial charge in [-0.25, -0.2) is 4.98 Å². The first-order valence-electron chi connectivity index (χ1n) is 4.22. The number of pyridine rings is 1. The first-order valence-corrected chi connectivity index (χ1v) is 4.75. The summed E-state index contributed by atoms with van der Waals surface area (Å²) in [6.07, 6.45) is 3.56. The van der Waals surface area contributed by atoms with Gasteiger partial charge in [-0.15, -0.1) is 24.0 Å². The summed E-state index contributed by atoms with van der Waals surface area (Å²) in [5.41, 5.74) is 2.02. The van der Waals surface area contributed by atoms with Gasteiger partial charge in [0.05, 0.1) is 23.1 Å². The van der Waals surface area contributed by atoms with Gasteiger partial charge in [-0.3, -0.25) is 4.98 Å². The van der Waals surface area contributed by atoms with Crippen molar-refractivity contribution in [3.8, 4) is 0 Å². The van der Waals surface area contributed by atoms with Crippen molar-refractivity contribution in [1.82, 2.24) is 14.5 Å². The molecule has 0 amide bonds. The second-order valence-corrected chi connectivity index (χ2v) is 3.04. The Morgan fingerprint density at radius 3 is 2.93 bits per heavy atom. The van der Waals surface area contributed by atoms with E-state index in [1.165, 1.54) is 0 Å². The van der Waals surface area contributed by atoms with Crippen molar-refractivity contribution in [3.63, 3.8) is 0 Å². The molecule has 0 aliphatic carbocycles. The molecule has 76 valence electrons. The molecule has 0 saturated carbocycles. The van der Waals surface area contributed by atoms with Gasteiger partial charge in [-0.1, -0.05) is 0 Å². The summed E-state index contributed by atoms with van der Waals surface area (Å²) in [4.78, 5) is 8.46. The van der Waals surface area contributed by atoms with E-state index in [9.17, 15) is 0 Å². The molecule has 0 aliphatic heterocycles. The molecule has 0 aliphatic rings. The lowest BCUT2D eigenvalue weighted by atomic mass is 10.4. The molecule has 0 N–H and O–H groups in total. The molecule has 0 spiro atoms. The Labute approximate surface area is 93.5 Å². The molecule has 0 radical (unpaired) electrons. The van der Waals surface area contributed by atoms with Crippen molar-refractivity contribution in [1.29, 1.82) is 0 Å². The van der Waals surface area contributed by atoms with Gasteiger partial charge >= 0.3 is 0 Å². The van der Waals surface area contributed by atoms with Crippen molar-refractivity contribution < 1.29 is 0 Å². The third-order valence-electron chi connectivity index (χ3n) is 2.07. The average molecular weight is 232 g/mol. The molecule has 0 atom stereocenters. The molecular formula is C9H11Cl2N3. The quantitative estimate of drug-likeness (QED) is 0.745. The smallest absolute Gasteiger partial charge is 0.124 e. The number of aryl methyl sites for hydroxylation is 1. The van der Waals surface area contributed by atoms with Crippen LogP contribution in [0.3, 0.4) is 0 Å². The van der Waals surface area contributed by atoms with Crippen molar-refractivity contribution in [2.45, 2.75) is 19.3 Å². The Kier molecular flexibility index (Phi) is 3.72. The van der Waals surface area contributed by atoms with Crippen LogP contribution in [0, 0.1) is 0 Å². The normalized spacial score (nSPS) is 10.1. The maximum absolute atomic E-state index is 5.78. The summed E-state index contributed by atoms with van der Waals surface area (Å²) >= 11 is 5.78. The average Bonchev–Trinajstić information content (AvgIpc) is 2.55. The Morgan fingerprint density at radius 1 is 1.50 bits per heavy atom. The minimum atomic E-state index is 0. The van der Waals surface area contributed by atoms with E-state index >= 15 is 0 Å². The van der Waals surface area contributed by atoms with Crippen molar-refractivity contribution in [2.75, 3.05) is 0 Å². The van der Waals surface area contributed by atoms with E-state index in [0.717, 1.165) is 23.4 Å². The van der Waals surface area contributed by atoms with Crippen LogP contribution in [0.1, 0.15) is 12.7 Å². The molecule has 3 nitrogen and oxygen atoms in total. The van der Waals surface area contributed by atoms with Crippen LogP contribution < -0.4 is 0 Å². The molecule has 2 rings (SSSR count). The van der Waals surface area contributed by atoms with Gasteiger partial charge in [-0.2, -0.15) is 0 Å². The van der Waals surface area contributed by atoms with Crippen molar-refractivity contribution in [3.05, 3.63) is 24.3 Å². The van der Waals surface area contributed by atoms with Gasteiger partial charge in [-0.05, 0) is 13.0 Å². The van der Waals surface area contributed by atoms with Gasteiger partial charge < -0.3 is 4.57 Å². The first kappa shape index (κ1) is 11.3. The van der Waals surface area contributed by atoms with E-state index in [4.69, 9.17) is 11.6 Å². The molecule has 14 heavy (non-hydrogen) atoms. The number of imidazole rings is 1. The van der Waals surface area contributed by atoms with Gasteiger partial charge in [0.25, 0.3) is 0 Å². The van der Waals surface area contributed by atoms with E-state index in [1.54, 1.807) is 6.20 Å². The SMILES string of the molecule is CCn1c(CCl)nc2ccncc21.Cl. The molecule has 0 fully saturated rings. The lowest BCUT2D eigenvalue weighted by molar-refractivity contribution is 0.746. The predicted molar refractivity (Wildman–Crippen MR) is 60.0 cm³/mol. The van der Waals surface area contributed by atoms with Crippen LogP contribution >= 0.6 is 24.0 Å². The maximum atomic E-state index is 5.78. The summed E-state index contributed by atoms with van der Waals surface area (Å²) in [6.45, 7) is 2.95. The van der Waals surface area contributed by atoms with Gasteiger partial charge in [0.15, 0.2) is 0 Å². The molecule has 0 bridgehead atoms. The highest BCUT2D eigenvalue weighted by Crippen LogP contribution is 2.15. The number of fused-ring (bicyclic) bond motifs is 1. The van der Waals surface area contributed by atoms with Gasteiger partial charge in [0.2, 0.25) is 0 Å². The summed E-state index contributed by atoms with van der Waals surface area (Å²) in [6, 6.07) is 1.90. The summed E-state index contributed by atoms with van der Waals surface area (Å²) < 4.78 is 2.08. The fraction of sp³-hybridized carbons (Fsp3) is 0.333. The third-order valence-corrected chi connectivity index (χ3v) is 2.30. The van der Waals surface area contributed by atoms with E-state index < -0.39 is 0 Å². The standard InChI is InChI=1S/C9H10ClN3.ClH/c1-2-13-8-6-11-4-3-7(8)12-9(13)5-10;/h3-4,6H,2,5H2,1H3;1H. The van der Waals surface area contributed by atoms with Crippen LogP contribution in [-0.4, -0.2) is 14.5 Å². The van der Waals surface area contributed by atoms with Crippen LogP contribution in [0.25, 0.3) is 11.0 Å². The highest BCUT2D eigenvalue weighted by molar-refractivity contribution is 6.16. The number of rotatable bonds is 2. The minimum absolute atomic E-state index is 0. The highest BCUT2D eigenvalue weighted by atomic mass is 35.5. The zero-order chi connectivity index (χ0) is 9.26. The number of hydrogen-bond acceptors (Lipinski definition) is 2. The summed E-state index contributed by atoms with van der Waals surface area (Å²) in [7, 11) is 0. The van der Waals surface area contributed by atoms with Crippen LogP contribution in [0.15, 0.2) is 18.5 Å². The Bertz CT molecular complexity index is 425. The van der Waals surface area contributed by atoms with Crippen molar-refractivity contribution >= 4 is 35.0 Å². The zero-order valence-corrected chi connectivity index (χ0v) is 9.35. The number of nitrogens with zero attached hydrogens (tertiary/aromatic N) is 3. The Morgan fingerprint density at radius 2 is 2.29 bits per heavy atom. The van der Waals surface area contributed by atoms with E-state index in [-0.39, 0.29) is 12.4 Å². The van der Waals surface area contributed by atoms with E-state index in [2.05, 4.69) is 21.5 Å². The van der Waals surface area contributed by atoms with Crippen LogP contribution in [0.2, 0.25) is 0 Å². The summed E-state index contributed by atoms with van der Waals surface area (Å²) in [5.74, 6) is 1.36. The lowest BCUT2D eigenvalue weighted by Gasteiger charge is -2.01. The largest absolute Gasteiger partial charge is 0.326 e. The number of alkyl halides is 1. The van der Waals surface area contributed by atoms with E-state index in [0.29, 0.717) is 5.88 Å². The molecule has 0 aromatic carbocycles. The monoisotopic (exact) mass is 231 g/mol. The molecule has 0 saturated heterocycles. The molecule has 2 aromatic heterocycles. The molecular weight excluding hydrogens is 221 g/mol.